The lowest BCUT2D eigenvalue weighted by atomic mass is 10.4. The fourth-order valence-corrected chi connectivity index (χ4v) is 2.18. The predicted molar refractivity (Wildman–Crippen MR) is 74.6 cm³/mol. The first-order valence-corrected chi connectivity index (χ1v) is 6.59. The summed E-state index contributed by atoms with van der Waals surface area (Å²) in [7, 11) is 0. The Bertz CT molecular complexity index is 692. The third-order valence-electron chi connectivity index (χ3n) is 2.47. The maximum atomic E-state index is 11.7. The molecule has 0 spiro atoms. The number of anilines is 1. The van der Waals surface area contributed by atoms with E-state index in [4.69, 9.17) is 5.73 Å². The van der Waals surface area contributed by atoms with Crippen molar-refractivity contribution in [1.82, 2.24) is 9.55 Å². The van der Waals surface area contributed by atoms with Gasteiger partial charge in [-0.2, -0.15) is 0 Å². The number of nitrogens with zero attached hydrogens (tertiary/aromatic N) is 2. The second kappa shape index (κ2) is 6.11. The van der Waals surface area contributed by atoms with E-state index in [0.717, 1.165) is 11.3 Å². The normalized spacial score (nSPS) is 10.2. The first kappa shape index (κ1) is 13.9. The SMILES string of the molecule is NC(=O)c1cnc(NC(=O)CCn2ccccc2=O)s1. The molecule has 0 aliphatic rings. The van der Waals surface area contributed by atoms with Gasteiger partial charge in [0.2, 0.25) is 5.91 Å². The van der Waals surface area contributed by atoms with E-state index in [1.165, 1.54) is 16.8 Å². The number of hydrogen-bond acceptors (Lipinski definition) is 5. The average Bonchev–Trinajstić information content (AvgIpc) is 2.86. The molecule has 0 saturated carbocycles. The zero-order chi connectivity index (χ0) is 14.5. The van der Waals surface area contributed by atoms with E-state index >= 15 is 0 Å². The van der Waals surface area contributed by atoms with Gasteiger partial charge in [0.25, 0.3) is 11.5 Å². The van der Waals surface area contributed by atoms with Gasteiger partial charge in [0, 0.05) is 25.2 Å². The van der Waals surface area contributed by atoms with E-state index in [-0.39, 0.29) is 29.3 Å². The maximum absolute atomic E-state index is 11.7. The molecule has 0 saturated heterocycles. The van der Waals surface area contributed by atoms with Crippen molar-refractivity contribution < 1.29 is 9.59 Å². The van der Waals surface area contributed by atoms with Crippen LogP contribution >= 0.6 is 11.3 Å². The molecule has 0 aromatic carbocycles. The van der Waals surface area contributed by atoms with E-state index in [2.05, 4.69) is 10.3 Å². The van der Waals surface area contributed by atoms with E-state index in [9.17, 15) is 14.4 Å². The molecule has 0 aliphatic carbocycles. The lowest BCUT2D eigenvalue weighted by Gasteiger charge is -2.04. The number of carbonyl (C=O) groups excluding carboxylic acids is 2. The smallest absolute Gasteiger partial charge is 0.260 e. The van der Waals surface area contributed by atoms with E-state index in [0.29, 0.717) is 5.13 Å². The van der Waals surface area contributed by atoms with Gasteiger partial charge >= 0.3 is 0 Å². The first-order chi connectivity index (χ1) is 9.56. The Hall–Kier alpha value is -2.48. The van der Waals surface area contributed by atoms with Gasteiger partial charge in [-0.05, 0) is 6.07 Å². The number of amides is 2. The standard InChI is InChI=1S/C12H12N4O3S/c13-11(19)8-7-14-12(20-8)15-9(17)4-6-16-5-2-1-3-10(16)18/h1-3,5,7H,4,6H2,(H2,13,19)(H,14,15,17). The topological polar surface area (TPSA) is 107 Å². The van der Waals surface area contributed by atoms with Crippen LogP contribution in [-0.2, 0) is 11.3 Å². The number of pyridine rings is 1. The van der Waals surface area contributed by atoms with Crippen molar-refractivity contribution in [2.24, 2.45) is 5.73 Å². The number of aromatic nitrogens is 2. The van der Waals surface area contributed by atoms with Gasteiger partial charge < -0.3 is 15.6 Å². The third-order valence-corrected chi connectivity index (χ3v) is 3.40. The zero-order valence-electron chi connectivity index (χ0n) is 10.4. The van der Waals surface area contributed by atoms with E-state index in [1.807, 2.05) is 0 Å². The molecule has 2 rings (SSSR count). The van der Waals surface area contributed by atoms with Crippen LogP contribution in [0.15, 0.2) is 35.4 Å². The molecule has 3 N–H and O–H groups in total. The van der Waals surface area contributed by atoms with Crippen molar-refractivity contribution in [2.45, 2.75) is 13.0 Å². The molecule has 0 fully saturated rings. The number of thiazole rings is 1. The number of nitrogens with two attached hydrogens (primary N) is 1. The second-order valence-corrected chi connectivity index (χ2v) is 4.96. The predicted octanol–water partition coefficient (Wildman–Crippen LogP) is 0.432. The minimum atomic E-state index is -0.584. The molecule has 0 radical (unpaired) electrons. The molecule has 0 bridgehead atoms. The van der Waals surface area contributed by atoms with Gasteiger partial charge in [-0.1, -0.05) is 17.4 Å². The Kier molecular flexibility index (Phi) is 4.26. The number of hydrogen-bond donors (Lipinski definition) is 2. The highest BCUT2D eigenvalue weighted by Gasteiger charge is 2.09. The zero-order valence-corrected chi connectivity index (χ0v) is 11.2. The molecule has 2 aromatic heterocycles. The number of primary amides is 1. The monoisotopic (exact) mass is 292 g/mol. The van der Waals surface area contributed by atoms with Crippen LogP contribution in [0, 0.1) is 0 Å². The highest BCUT2D eigenvalue weighted by Crippen LogP contribution is 2.17. The minimum absolute atomic E-state index is 0.134. The number of aryl methyl sites for hydroxylation is 1. The Balaban J connectivity index is 1.91. The fourth-order valence-electron chi connectivity index (χ4n) is 1.49. The fraction of sp³-hybridized carbons (Fsp3) is 0.167. The molecule has 104 valence electrons. The largest absolute Gasteiger partial charge is 0.365 e. The van der Waals surface area contributed by atoms with Crippen molar-refractivity contribution in [3.8, 4) is 0 Å². The summed E-state index contributed by atoms with van der Waals surface area (Å²) in [6.45, 7) is 0.277. The summed E-state index contributed by atoms with van der Waals surface area (Å²) in [5.41, 5.74) is 4.93. The van der Waals surface area contributed by atoms with Gasteiger partial charge in [0.05, 0.1) is 6.20 Å². The molecular weight excluding hydrogens is 280 g/mol. The molecule has 8 heteroatoms. The van der Waals surface area contributed by atoms with Gasteiger partial charge in [0.1, 0.15) is 4.88 Å². The Morgan fingerprint density at radius 3 is 2.85 bits per heavy atom. The van der Waals surface area contributed by atoms with Crippen LogP contribution in [0.4, 0.5) is 5.13 Å². The molecule has 0 unspecified atom stereocenters. The highest BCUT2D eigenvalue weighted by atomic mass is 32.1. The Labute approximate surface area is 118 Å². The van der Waals surface area contributed by atoms with Crippen molar-refractivity contribution in [2.75, 3.05) is 5.32 Å². The molecule has 7 nitrogen and oxygen atoms in total. The number of carbonyl (C=O) groups is 2. The highest BCUT2D eigenvalue weighted by molar-refractivity contribution is 7.17. The maximum Gasteiger partial charge on any atom is 0.260 e. The summed E-state index contributed by atoms with van der Waals surface area (Å²) < 4.78 is 1.44. The van der Waals surface area contributed by atoms with Crippen molar-refractivity contribution in [1.29, 1.82) is 0 Å². The lowest BCUT2D eigenvalue weighted by Crippen LogP contribution is -2.21. The van der Waals surface area contributed by atoms with Crippen LogP contribution < -0.4 is 16.6 Å². The van der Waals surface area contributed by atoms with Gasteiger partial charge in [-0.3, -0.25) is 14.4 Å². The summed E-state index contributed by atoms with van der Waals surface area (Å²) in [6, 6.07) is 4.79. The average molecular weight is 292 g/mol. The van der Waals surface area contributed by atoms with Crippen LogP contribution in [0.2, 0.25) is 0 Å². The molecule has 2 heterocycles. The number of nitrogens with one attached hydrogen (secondary N) is 1. The molecule has 0 atom stereocenters. The van der Waals surface area contributed by atoms with Gasteiger partial charge in [-0.25, -0.2) is 4.98 Å². The van der Waals surface area contributed by atoms with Gasteiger partial charge in [0.15, 0.2) is 5.13 Å². The minimum Gasteiger partial charge on any atom is -0.365 e. The van der Waals surface area contributed by atoms with Gasteiger partial charge in [-0.15, -0.1) is 0 Å². The lowest BCUT2D eigenvalue weighted by molar-refractivity contribution is -0.116. The van der Waals surface area contributed by atoms with Crippen LogP contribution in [0.3, 0.4) is 0 Å². The summed E-state index contributed by atoms with van der Waals surface area (Å²) in [5.74, 6) is -0.870. The van der Waals surface area contributed by atoms with Crippen LogP contribution in [0.5, 0.6) is 0 Å². The van der Waals surface area contributed by atoms with Crippen LogP contribution in [0.25, 0.3) is 0 Å². The van der Waals surface area contributed by atoms with Crippen molar-refractivity contribution >= 4 is 28.3 Å². The molecular formula is C12H12N4O3S. The number of rotatable bonds is 5. The van der Waals surface area contributed by atoms with E-state index < -0.39 is 5.91 Å². The Morgan fingerprint density at radius 2 is 2.20 bits per heavy atom. The second-order valence-electron chi connectivity index (χ2n) is 3.92. The van der Waals surface area contributed by atoms with Crippen LogP contribution in [0.1, 0.15) is 16.1 Å². The van der Waals surface area contributed by atoms with Crippen molar-refractivity contribution in [3.05, 3.63) is 45.8 Å². The molecule has 20 heavy (non-hydrogen) atoms. The first-order valence-electron chi connectivity index (χ1n) is 5.77. The third kappa shape index (κ3) is 3.51. The molecule has 0 aliphatic heterocycles. The van der Waals surface area contributed by atoms with E-state index in [1.54, 1.807) is 18.3 Å². The van der Waals surface area contributed by atoms with Crippen LogP contribution in [-0.4, -0.2) is 21.4 Å². The summed E-state index contributed by atoms with van der Waals surface area (Å²) in [4.78, 5) is 38.2. The summed E-state index contributed by atoms with van der Waals surface area (Å²) in [6.07, 6.45) is 3.06. The summed E-state index contributed by atoms with van der Waals surface area (Å²) >= 11 is 1.01. The molecule has 2 amide bonds. The molecule has 2 aromatic rings. The quantitative estimate of drug-likeness (QED) is 0.833. The summed E-state index contributed by atoms with van der Waals surface area (Å²) in [5, 5.41) is 2.86. The van der Waals surface area contributed by atoms with Crippen molar-refractivity contribution in [3.63, 3.8) is 0 Å². The Morgan fingerprint density at radius 1 is 1.40 bits per heavy atom.